The van der Waals surface area contributed by atoms with Crippen LogP contribution in [-0.4, -0.2) is 37.7 Å². The van der Waals surface area contributed by atoms with Crippen molar-refractivity contribution in [1.82, 2.24) is 24.9 Å². The van der Waals surface area contributed by atoms with Gasteiger partial charge in [0.2, 0.25) is 5.91 Å². The molecule has 0 fully saturated rings. The van der Waals surface area contributed by atoms with Crippen molar-refractivity contribution < 1.29 is 14.6 Å². The number of carbonyl (C=O) groups is 1. The quantitative estimate of drug-likeness (QED) is 0.726. The molecular formula is C17H19N5O3. The monoisotopic (exact) mass is 341 g/mol. The van der Waals surface area contributed by atoms with Crippen LogP contribution in [0, 0.1) is 13.8 Å². The van der Waals surface area contributed by atoms with Gasteiger partial charge in [-0.1, -0.05) is 6.07 Å². The number of phenolic OH excluding ortho intramolecular Hbond substituents is 1. The zero-order chi connectivity index (χ0) is 18.0. The third-order valence-corrected chi connectivity index (χ3v) is 3.71. The lowest BCUT2D eigenvalue weighted by molar-refractivity contribution is -0.120. The number of benzene rings is 1. The summed E-state index contributed by atoms with van der Waals surface area (Å²) in [6.07, 6.45) is 0.0665. The number of aromatic nitrogens is 4. The van der Waals surface area contributed by atoms with Crippen molar-refractivity contribution >= 4 is 11.7 Å². The van der Waals surface area contributed by atoms with Crippen molar-refractivity contribution in [1.29, 1.82) is 0 Å². The molecule has 3 rings (SSSR count). The largest absolute Gasteiger partial charge is 0.504 e. The number of methoxy groups -OCH3 is 1. The first kappa shape index (κ1) is 16.7. The molecule has 0 radical (unpaired) electrons. The molecule has 0 spiro atoms. The van der Waals surface area contributed by atoms with Gasteiger partial charge >= 0.3 is 0 Å². The number of hydrogen-bond acceptors (Lipinski definition) is 6. The van der Waals surface area contributed by atoms with Gasteiger partial charge < -0.3 is 15.2 Å². The number of amides is 1. The maximum atomic E-state index is 12.1. The molecule has 1 amide bonds. The molecule has 2 aromatic heterocycles. The van der Waals surface area contributed by atoms with Gasteiger partial charge in [0.15, 0.2) is 17.3 Å². The average molecular weight is 341 g/mol. The SMILES string of the molecule is COc1cc(CNC(=O)Cc2nc3nc(C)cc(C)n3n2)ccc1O. The number of ether oxygens (including phenoxy) is 1. The number of nitrogens with zero attached hydrogens (tertiary/aromatic N) is 4. The zero-order valence-electron chi connectivity index (χ0n) is 14.3. The second-order valence-electron chi connectivity index (χ2n) is 5.74. The van der Waals surface area contributed by atoms with Crippen LogP contribution in [0.5, 0.6) is 11.5 Å². The Kier molecular flexibility index (Phi) is 4.51. The van der Waals surface area contributed by atoms with Crippen LogP contribution in [0.3, 0.4) is 0 Å². The molecule has 0 saturated heterocycles. The van der Waals surface area contributed by atoms with Gasteiger partial charge in [0, 0.05) is 17.9 Å². The summed E-state index contributed by atoms with van der Waals surface area (Å²) in [6, 6.07) is 6.83. The van der Waals surface area contributed by atoms with Gasteiger partial charge in [0.1, 0.15) is 0 Å². The van der Waals surface area contributed by atoms with Crippen molar-refractivity contribution in [3.63, 3.8) is 0 Å². The fourth-order valence-corrected chi connectivity index (χ4v) is 2.52. The summed E-state index contributed by atoms with van der Waals surface area (Å²) in [6.45, 7) is 4.12. The first-order chi connectivity index (χ1) is 12.0. The van der Waals surface area contributed by atoms with Crippen molar-refractivity contribution in [3.05, 3.63) is 47.0 Å². The topological polar surface area (TPSA) is 102 Å². The molecule has 0 aliphatic rings. The highest BCUT2D eigenvalue weighted by Crippen LogP contribution is 2.26. The van der Waals surface area contributed by atoms with Gasteiger partial charge in [-0.25, -0.2) is 9.50 Å². The summed E-state index contributed by atoms with van der Waals surface area (Å²) in [5, 5.41) is 16.7. The molecular weight excluding hydrogens is 322 g/mol. The summed E-state index contributed by atoms with van der Waals surface area (Å²) in [5.74, 6) is 1.14. The highest BCUT2D eigenvalue weighted by Gasteiger charge is 2.12. The number of aromatic hydroxyl groups is 1. The van der Waals surface area contributed by atoms with Crippen LogP contribution in [0.1, 0.15) is 22.8 Å². The van der Waals surface area contributed by atoms with E-state index in [4.69, 9.17) is 4.74 Å². The summed E-state index contributed by atoms with van der Waals surface area (Å²) in [5.41, 5.74) is 2.59. The maximum Gasteiger partial charge on any atom is 0.252 e. The van der Waals surface area contributed by atoms with Crippen molar-refractivity contribution in [2.45, 2.75) is 26.8 Å². The predicted molar refractivity (Wildman–Crippen MR) is 90.5 cm³/mol. The number of hydrogen-bond donors (Lipinski definition) is 2. The van der Waals surface area contributed by atoms with E-state index in [-0.39, 0.29) is 18.1 Å². The lowest BCUT2D eigenvalue weighted by Gasteiger charge is -2.07. The summed E-state index contributed by atoms with van der Waals surface area (Å²) in [7, 11) is 1.48. The minimum absolute atomic E-state index is 0.0599. The van der Waals surface area contributed by atoms with E-state index in [1.165, 1.54) is 13.2 Å². The lowest BCUT2D eigenvalue weighted by atomic mass is 10.2. The number of aryl methyl sites for hydroxylation is 2. The predicted octanol–water partition coefficient (Wildman–Crippen LogP) is 1.31. The molecule has 8 nitrogen and oxygen atoms in total. The Bertz CT molecular complexity index is 935. The molecule has 0 bridgehead atoms. The Morgan fingerprint density at radius 1 is 1.28 bits per heavy atom. The third-order valence-electron chi connectivity index (χ3n) is 3.71. The van der Waals surface area contributed by atoms with Crippen LogP contribution in [0.4, 0.5) is 0 Å². The van der Waals surface area contributed by atoms with E-state index in [9.17, 15) is 9.90 Å². The zero-order valence-corrected chi connectivity index (χ0v) is 14.3. The van der Waals surface area contributed by atoms with E-state index in [1.54, 1.807) is 16.6 Å². The molecule has 2 N–H and O–H groups in total. The van der Waals surface area contributed by atoms with Crippen LogP contribution in [0.25, 0.3) is 5.78 Å². The smallest absolute Gasteiger partial charge is 0.252 e. The van der Waals surface area contributed by atoms with Crippen LogP contribution < -0.4 is 10.1 Å². The van der Waals surface area contributed by atoms with E-state index >= 15 is 0 Å². The number of nitrogens with one attached hydrogen (secondary N) is 1. The third kappa shape index (κ3) is 3.68. The van der Waals surface area contributed by atoms with Crippen LogP contribution in [0.2, 0.25) is 0 Å². The molecule has 0 saturated carbocycles. The Morgan fingerprint density at radius 3 is 2.84 bits per heavy atom. The lowest BCUT2D eigenvalue weighted by Crippen LogP contribution is -2.25. The first-order valence-electron chi connectivity index (χ1n) is 7.78. The molecule has 25 heavy (non-hydrogen) atoms. The normalized spacial score (nSPS) is 10.8. The average Bonchev–Trinajstić information content (AvgIpc) is 2.96. The molecule has 8 heteroatoms. The van der Waals surface area contributed by atoms with Gasteiger partial charge in [-0.2, -0.15) is 4.98 Å². The van der Waals surface area contributed by atoms with E-state index < -0.39 is 0 Å². The highest BCUT2D eigenvalue weighted by molar-refractivity contribution is 5.77. The molecule has 0 unspecified atom stereocenters. The Labute approximate surface area is 144 Å². The highest BCUT2D eigenvalue weighted by atomic mass is 16.5. The van der Waals surface area contributed by atoms with E-state index in [1.807, 2.05) is 19.9 Å². The Balaban J connectivity index is 1.66. The minimum atomic E-state index is -0.197. The minimum Gasteiger partial charge on any atom is -0.504 e. The molecule has 3 aromatic rings. The number of fused-ring (bicyclic) bond motifs is 1. The van der Waals surface area contributed by atoms with Crippen LogP contribution in [0.15, 0.2) is 24.3 Å². The number of carbonyl (C=O) groups excluding carboxylic acids is 1. The standard InChI is InChI=1S/C17H19N5O3/c1-10-6-11(2)22-17(19-10)20-15(21-22)8-16(24)18-9-12-4-5-13(23)14(7-12)25-3/h4-7,23H,8-9H2,1-3H3,(H,18,24). The van der Waals surface area contributed by atoms with Gasteiger partial charge in [-0.15, -0.1) is 5.10 Å². The van der Waals surface area contributed by atoms with Gasteiger partial charge in [0.25, 0.3) is 5.78 Å². The summed E-state index contributed by atoms with van der Waals surface area (Å²) < 4.78 is 6.68. The van der Waals surface area contributed by atoms with Crippen molar-refractivity contribution in [3.8, 4) is 11.5 Å². The second-order valence-corrected chi connectivity index (χ2v) is 5.74. The fourth-order valence-electron chi connectivity index (χ4n) is 2.52. The van der Waals surface area contributed by atoms with E-state index in [2.05, 4.69) is 20.4 Å². The molecule has 0 aliphatic heterocycles. The van der Waals surface area contributed by atoms with Gasteiger partial charge in [-0.05, 0) is 37.6 Å². The van der Waals surface area contributed by atoms with Crippen LogP contribution >= 0.6 is 0 Å². The van der Waals surface area contributed by atoms with E-state index in [0.717, 1.165) is 17.0 Å². The molecule has 0 atom stereocenters. The van der Waals surface area contributed by atoms with Crippen LogP contribution in [-0.2, 0) is 17.8 Å². The fraction of sp³-hybridized carbons (Fsp3) is 0.294. The first-order valence-corrected chi connectivity index (χ1v) is 7.78. The van der Waals surface area contributed by atoms with Crippen molar-refractivity contribution in [2.75, 3.05) is 7.11 Å². The summed E-state index contributed by atoms with van der Waals surface area (Å²) >= 11 is 0. The second kappa shape index (κ2) is 6.76. The molecule has 130 valence electrons. The van der Waals surface area contributed by atoms with E-state index in [0.29, 0.717) is 23.9 Å². The molecule has 2 heterocycles. The van der Waals surface area contributed by atoms with Gasteiger partial charge in [0.05, 0.1) is 13.5 Å². The van der Waals surface area contributed by atoms with Gasteiger partial charge in [-0.3, -0.25) is 4.79 Å². The molecule has 0 aliphatic carbocycles. The number of rotatable bonds is 5. The Hall–Kier alpha value is -3.16. The summed E-state index contributed by atoms with van der Waals surface area (Å²) in [4.78, 5) is 20.7. The Morgan fingerprint density at radius 2 is 2.08 bits per heavy atom. The van der Waals surface area contributed by atoms with Crippen molar-refractivity contribution in [2.24, 2.45) is 0 Å². The number of phenols is 1. The maximum absolute atomic E-state index is 12.1. The molecule has 1 aromatic carbocycles.